The molecule has 0 saturated heterocycles. The average molecular weight is 333 g/mol. The first-order valence-electron chi connectivity index (χ1n) is 6.36. The average Bonchev–Trinajstić information content (AvgIpc) is 2.36. The third kappa shape index (κ3) is 4.90. The zero-order valence-corrected chi connectivity index (χ0v) is 13.8. The molecule has 2 unspecified atom stereocenters. The first kappa shape index (κ1) is 17.8. The van der Waals surface area contributed by atoms with E-state index >= 15 is 0 Å². The summed E-state index contributed by atoms with van der Waals surface area (Å²) in [5.41, 5.74) is 0.455. The fourth-order valence-electron chi connectivity index (χ4n) is 1.94. The first-order valence-corrected chi connectivity index (χ1v) is 9.57. The highest BCUT2D eigenvalue weighted by atomic mass is 32.2. The molecule has 8 heteroatoms. The number of rotatable bonds is 7. The normalized spacial score (nSPS) is 14.6. The van der Waals surface area contributed by atoms with E-state index in [2.05, 4.69) is 4.72 Å². The van der Waals surface area contributed by atoms with Gasteiger partial charge < -0.3 is 5.11 Å². The Hall–Kier alpha value is -1.25. The van der Waals surface area contributed by atoms with Crippen LogP contribution in [0.2, 0.25) is 0 Å². The Morgan fingerprint density at radius 3 is 2.52 bits per heavy atom. The molecular formula is C13H19NO5S2. The van der Waals surface area contributed by atoms with Gasteiger partial charge in [-0.1, -0.05) is 13.0 Å². The van der Waals surface area contributed by atoms with Crippen molar-refractivity contribution >= 4 is 26.8 Å². The van der Waals surface area contributed by atoms with Crippen molar-refractivity contribution in [3.8, 4) is 0 Å². The number of aryl methyl sites for hydroxylation is 1. The zero-order valence-electron chi connectivity index (χ0n) is 12.1. The quantitative estimate of drug-likeness (QED) is 0.775. The Kier molecular flexibility index (Phi) is 6.06. The van der Waals surface area contributed by atoms with Crippen LogP contribution in [0.15, 0.2) is 23.1 Å². The van der Waals surface area contributed by atoms with Gasteiger partial charge in [-0.05, 0) is 31.0 Å². The number of carboxylic acids is 1. The highest BCUT2D eigenvalue weighted by molar-refractivity contribution is 7.89. The van der Waals surface area contributed by atoms with Crippen molar-refractivity contribution in [2.45, 2.75) is 31.2 Å². The van der Waals surface area contributed by atoms with Gasteiger partial charge in [-0.15, -0.1) is 0 Å². The predicted molar refractivity (Wildman–Crippen MR) is 81.5 cm³/mol. The van der Waals surface area contributed by atoms with Gasteiger partial charge in [-0.2, -0.15) is 0 Å². The summed E-state index contributed by atoms with van der Waals surface area (Å²) in [4.78, 5) is 10.9. The maximum atomic E-state index is 12.4. The number of hydrogen-bond donors (Lipinski definition) is 2. The monoisotopic (exact) mass is 333 g/mol. The summed E-state index contributed by atoms with van der Waals surface area (Å²) < 4.78 is 38.3. The highest BCUT2D eigenvalue weighted by Gasteiger charge is 2.22. The molecule has 0 amide bonds. The summed E-state index contributed by atoms with van der Waals surface area (Å²) in [6.45, 7) is 3.41. The summed E-state index contributed by atoms with van der Waals surface area (Å²) >= 11 is 0. The second-order valence-electron chi connectivity index (χ2n) is 4.74. The van der Waals surface area contributed by atoms with Crippen LogP contribution in [0.3, 0.4) is 0 Å². The largest absolute Gasteiger partial charge is 0.478 e. The SMILES string of the molecule is CCc1ccc(C(=O)O)cc1S(=O)(=O)NC(C)CS(C)=O. The van der Waals surface area contributed by atoms with E-state index in [1.165, 1.54) is 18.4 Å². The van der Waals surface area contributed by atoms with Crippen LogP contribution in [0.4, 0.5) is 0 Å². The van der Waals surface area contributed by atoms with Crippen LogP contribution in [-0.2, 0) is 27.2 Å². The second-order valence-corrected chi connectivity index (χ2v) is 7.91. The lowest BCUT2D eigenvalue weighted by molar-refractivity contribution is 0.0696. The van der Waals surface area contributed by atoms with E-state index in [4.69, 9.17) is 5.11 Å². The lowest BCUT2D eigenvalue weighted by atomic mass is 10.1. The van der Waals surface area contributed by atoms with Crippen molar-refractivity contribution in [1.29, 1.82) is 0 Å². The highest BCUT2D eigenvalue weighted by Crippen LogP contribution is 2.19. The Labute approximate surface area is 127 Å². The fraction of sp³-hybridized carbons (Fsp3) is 0.462. The third-order valence-corrected chi connectivity index (χ3v) is 5.47. The number of benzene rings is 1. The smallest absolute Gasteiger partial charge is 0.335 e. The van der Waals surface area contributed by atoms with Crippen LogP contribution in [0.1, 0.15) is 29.8 Å². The molecule has 0 aliphatic carbocycles. The third-order valence-electron chi connectivity index (χ3n) is 2.83. The number of hydrogen-bond acceptors (Lipinski definition) is 4. The van der Waals surface area contributed by atoms with Gasteiger partial charge in [-0.25, -0.2) is 17.9 Å². The molecule has 0 saturated carbocycles. The standard InChI is InChI=1S/C13H19NO5S2/c1-4-10-5-6-11(13(15)16)7-12(10)21(18,19)14-9(2)8-20(3)17/h5-7,9,14H,4,8H2,1-3H3,(H,15,16). The zero-order chi connectivity index (χ0) is 16.2. The lowest BCUT2D eigenvalue weighted by Gasteiger charge is -2.15. The molecule has 2 atom stereocenters. The van der Waals surface area contributed by atoms with Crippen molar-refractivity contribution in [3.63, 3.8) is 0 Å². The van der Waals surface area contributed by atoms with E-state index in [0.29, 0.717) is 12.0 Å². The number of carboxylic acid groups (broad SMARTS) is 1. The first-order chi connectivity index (χ1) is 9.67. The van der Waals surface area contributed by atoms with E-state index in [-0.39, 0.29) is 16.2 Å². The molecule has 0 aliphatic heterocycles. The molecule has 0 bridgehead atoms. The van der Waals surface area contributed by atoms with Crippen molar-refractivity contribution < 1.29 is 22.5 Å². The molecule has 1 rings (SSSR count). The lowest BCUT2D eigenvalue weighted by Crippen LogP contribution is -2.36. The van der Waals surface area contributed by atoms with Gasteiger partial charge in [0.1, 0.15) is 0 Å². The number of aromatic carboxylic acids is 1. The molecule has 1 aromatic carbocycles. The van der Waals surface area contributed by atoms with Gasteiger partial charge in [-0.3, -0.25) is 4.21 Å². The van der Waals surface area contributed by atoms with Gasteiger partial charge in [0, 0.05) is 28.9 Å². The topological polar surface area (TPSA) is 101 Å². The van der Waals surface area contributed by atoms with Crippen LogP contribution in [0.5, 0.6) is 0 Å². The molecular weight excluding hydrogens is 314 g/mol. The van der Waals surface area contributed by atoms with Crippen molar-refractivity contribution in [2.24, 2.45) is 0 Å². The molecule has 0 spiro atoms. The van der Waals surface area contributed by atoms with Crippen molar-refractivity contribution in [1.82, 2.24) is 4.72 Å². The summed E-state index contributed by atoms with van der Waals surface area (Å²) in [7, 11) is -4.98. The Morgan fingerprint density at radius 1 is 1.43 bits per heavy atom. The molecule has 21 heavy (non-hydrogen) atoms. The minimum absolute atomic E-state index is 0.0429. The summed E-state index contributed by atoms with van der Waals surface area (Å²) in [5, 5.41) is 8.98. The van der Waals surface area contributed by atoms with E-state index in [0.717, 1.165) is 6.07 Å². The van der Waals surface area contributed by atoms with Gasteiger partial charge >= 0.3 is 5.97 Å². The van der Waals surface area contributed by atoms with E-state index < -0.39 is 32.8 Å². The molecule has 0 fully saturated rings. The van der Waals surface area contributed by atoms with Crippen LogP contribution < -0.4 is 4.72 Å². The van der Waals surface area contributed by atoms with Crippen molar-refractivity contribution in [2.75, 3.05) is 12.0 Å². The summed E-state index contributed by atoms with van der Waals surface area (Å²) in [6, 6.07) is 3.53. The van der Waals surface area contributed by atoms with E-state index in [1.807, 2.05) is 0 Å². The molecule has 0 aliphatic rings. The molecule has 0 radical (unpaired) electrons. The fourth-order valence-corrected chi connectivity index (χ4v) is 4.42. The molecule has 1 aromatic rings. The van der Waals surface area contributed by atoms with Gasteiger partial charge in [0.25, 0.3) is 0 Å². The molecule has 118 valence electrons. The van der Waals surface area contributed by atoms with Crippen LogP contribution in [0, 0.1) is 0 Å². The predicted octanol–water partition coefficient (Wildman–Crippen LogP) is 0.993. The van der Waals surface area contributed by atoms with E-state index in [1.54, 1.807) is 13.8 Å². The van der Waals surface area contributed by atoms with Crippen LogP contribution >= 0.6 is 0 Å². The summed E-state index contributed by atoms with van der Waals surface area (Å²) in [6.07, 6.45) is 1.96. The second kappa shape index (κ2) is 7.15. The number of sulfonamides is 1. The minimum Gasteiger partial charge on any atom is -0.478 e. The number of carbonyl (C=O) groups is 1. The Bertz CT molecular complexity index is 655. The number of nitrogens with one attached hydrogen (secondary N) is 1. The van der Waals surface area contributed by atoms with E-state index in [9.17, 15) is 17.4 Å². The van der Waals surface area contributed by atoms with Gasteiger partial charge in [0.2, 0.25) is 10.0 Å². The van der Waals surface area contributed by atoms with Gasteiger partial charge in [0.05, 0.1) is 10.5 Å². The minimum atomic E-state index is -3.85. The molecule has 2 N–H and O–H groups in total. The van der Waals surface area contributed by atoms with Gasteiger partial charge in [0.15, 0.2) is 0 Å². The molecule has 0 aromatic heterocycles. The molecule has 0 heterocycles. The molecule has 6 nitrogen and oxygen atoms in total. The van der Waals surface area contributed by atoms with Crippen LogP contribution in [0.25, 0.3) is 0 Å². The Balaban J connectivity index is 3.19. The Morgan fingerprint density at radius 2 is 2.05 bits per heavy atom. The maximum absolute atomic E-state index is 12.4. The van der Waals surface area contributed by atoms with Crippen LogP contribution in [-0.4, -0.2) is 41.8 Å². The summed E-state index contributed by atoms with van der Waals surface area (Å²) in [5.74, 6) is -0.990. The maximum Gasteiger partial charge on any atom is 0.335 e. The van der Waals surface area contributed by atoms with Crippen molar-refractivity contribution in [3.05, 3.63) is 29.3 Å².